The molecule has 244 valence electrons. The molecule has 2 aliphatic heterocycles. The fourth-order valence-electron chi connectivity index (χ4n) is 5.52. The van der Waals surface area contributed by atoms with Gasteiger partial charge >= 0.3 is 5.97 Å². The van der Waals surface area contributed by atoms with Crippen LogP contribution in [0.5, 0.6) is 0 Å². The summed E-state index contributed by atoms with van der Waals surface area (Å²) < 4.78 is 35.2. The van der Waals surface area contributed by atoms with E-state index in [1.54, 1.807) is 30.0 Å². The number of amidine groups is 1. The van der Waals surface area contributed by atoms with Gasteiger partial charge in [-0.05, 0) is 67.0 Å². The molecule has 0 radical (unpaired) electrons. The predicted molar refractivity (Wildman–Crippen MR) is 174 cm³/mol. The smallest absolute Gasteiger partial charge is 0.306 e. The lowest BCUT2D eigenvalue weighted by atomic mass is 9.93. The molecule has 0 spiro atoms. The standard InChI is InChI=1S/C27H32N4O4.C7H8O3S/c28-26(29)22-7-3-20(4-8-22)21-5-9-23(10-6-21)27(34)31-14-11-19(12-15-31)18-25(33)35-17-16-30-13-1-2-24(30)32;1-6-4-2-3-5-7(6)11(8,9)10/h3-10,19H,1-2,11-18H2,(H3,28,29);2-5H,1H3,(H,8,9,10). The third-order valence-electron chi connectivity index (χ3n) is 8.19. The first-order valence-corrected chi connectivity index (χ1v) is 16.7. The third kappa shape index (κ3) is 9.48. The molecule has 3 aromatic rings. The zero-order chi connectivity index (χ0) is 33.3. The summed E-state index contributed by atoms with van der Waals surface area (Å²) in [7, 11) is -4.03. The molecule has 2 amide bonds. The van der Waals surface area contributed by atoms with Crippen LogP contribution in [0.15, 0.2) is 77.7 Å². The number of carbonyl (C=O) groups is 3. The van der Waals surface area contributed by atoms with E-state index in [-0.39, 0.29) is 41.0 Å². The van der Waals surface area contributed by atoms with Crippen molar-refractivity contribution in [2.75, 3.05) is 32.8 Å². The Balaban J connectivity index is 0.000000369. The third-order valence-corrected chi connectivity index (χ3v) is 9.20. The zero-order valence-electron chi connectivity index (χ0n) is 25.9. The van der Waals surface area contributed by atoms with E-state index in [9.17, 15) is 22.8 Å². The van der Waals surface area contributed by atoms with E-state index in [2.05, 4.69) is 0 Å². The van der Waals surface area contributed by atoms with Crippen molar-refractivity contribution in [1.29, 1.82) is 5.41 Å². The molecule has 0 unspecified atom stereocenters. The van der Waals surface area contributed by atoms with Gasteiger partial charge in [-0.2, -0.15) is 8.42 Å². The van der Waals surface area contributed by atoms with Crippen LogP contribution in [0, 0.1) is 18.3 Å². The van der Waals surface area contributed by atoms with Gasteiger partial charge in [-0.25, -0.2) is 0 Å². The van der Waals surface area contributed by atoms with E-state index in [1.165, 1.54) is 6.07 Å². The summed E-state index contributed by atoms with van der Waals surface area (Å²) in [6.07, 6.45) is 3.36. The Morgan fingerprint density at radius 1 is 0.935 bits per heavy atom. The van der Waals surface area contributed by atoms with Crippen LogP contribution in [0.2, 0.25) is 0 Å². The number of likely N-dealkylation sites (tertiary alicyclic amines) is 2. The number of nitrogens with zero attached hydrogens (tertiary/aromatic N) is 2. The number of ether oxygens (including phenoxy) is 1. The van der Waals surface area contributed by atoms with Crippen molar-refractivity contribution < 1.29 is 32.1 Å². The van der Waals surface area contributed by atoms with Crippen LogP contribution >= 0.6 is 0 Å². The molecular formula is C34H40N4O7S. The van der Waals surface area contributed by atoms with E-state index in [4.69, 9.17) is 20.4 Å². The quantitative estimate of drug-likeness (QED) is 0.134. The number of rotatable bonds is 9. The predicted octanol–water partition coefficient (Wildman–Crippen LogP) is 4.29. The number of amides is 2. The van der Waals surface area contributed by atoms with E-state index in [0.717, 1.165) is 36.9 Å². The minimum absolute atomic E-state index is 0.000200. The van der Waals surface area contributed by atoms with Gasteiger partial charge in [0.05, 0.1) is 11.4 Å². The minimum atomic E-state index is -4.03. The molecular weight excluding hydrogens is 608 g/mol. The van der Waals surface area contributed by atoms with E-state index >= 15 is 0 Å². The molecule has 5 rings (SSSR count). The summed E-state index contributed by atoms with van der Waals surface area (Å²) in [6.45, 7) is 4.34. The van der Waals surface area contributed by atoms with Crippen molar-refractivity contribution in [3.63, 3.8) is 0 Å². The Hall–Kier alpha value is -4.55. The van der Waals surface area contributed by atoms with Gasteiger partial charge in [0.15, 0.2) is 0 Å². The lowest BCUT2D eigenvalue weighted by molar-refractivity contribution is -0.146. The first-order chi connectivity index (χ1) is 21.9. The number of nitrogen functional groups attached to an aromatic ring is 1. The second-order valence-electron chi connectivity index (χ2n) is 11.5. The number of aryl methyl sites for hydroxylation is 1. The first-order valence-electron chi connectivity index (χ1n) is 15.2. The van der Waals surface area contributed by atoms with Crippen LogP contribution < -0.4 is 5.73 Å². The molecule has 2 fully saturated rings. The number of nitrogens with one attached hydrogen (secondary N) is 1. The van der Waals surface area contributed by atoms with Gasteiger partial charge in [-0.15, -0.1) is 0 Å². The summed E-state index contributed by atoms with van der Waals surface area (Å²) in [4.78, 5) is 40.3. The Labute approximate surface area is 269 Å². The average Bonchev–Trinajstić information content (AvgIpc) is 3.45. The maximum Gasteiger partial charge on any atom is 0.306 e. The van der Waals surface area contributed by atoms with E-state index in [0.29, 0.717) is 49.2 Å². The van der Waals surface area contributed by atoms with Crippen LogP contribution in [0.4, 0.5) is 0 Å². The largest absolute Gasteiger partial charge is 0.464 e. The van der Waals surface area contributed by atoms with Gasteiger partial charge in [0.25, 0.3) is 16.0 Å². The van der Waals surface area contributed by atoms with Crippen molar-refractivity contribution in [1.82, 2.24) is 9.80 Å². The molecule has 46 heavy (non-hydrogen) atoms. The highest BCUT2D eigenvalue weighted by atomic mass is 32.2. The van der Waals surface area contributed by atoms with Gasteiger partial charge in [0, 0.05) is 43.6 Å². The summed E-state index contributed by atoms with van der Waals surface area (Å²) in [5, 5.41) is 7.49. The fourth-order valence-corrected chi connectivity index (χ4v) is 6.25. The van der Waals surface area contributed by atoms with Gasteiger partial charge in [-0.3, -0.25) is 24.3 Å². The molecule has 12 heteroatoms. The molecule has 3 aromatic carbocycles. The summed E-state index contributed by atoms with van der Waals surface area (Å²) >= 11 is 0. The second kappa shape index (κ2) is 15.6. The topological polar surface area (TPSA) is 171 Å². The lowest BCUT2D eigenvalue weighted by Crippen LogP contribution is -2.39. The highest BCUT2D eigenvalue weighted by Crippen LogP contribution is 2.24. The molecule has 0 aliphatic carbocycles. The number of nitrogens with two attached hydrogens (primary N) is 1. The number of hydrogen-bond donors (Lipinski definition) is 3. The SMILES string of the molecule is Cc1ccccc1S(=O)(=O)O.N=C(N)c1ccc(-c2ccc(C(=O)N3CCC(CC(=O)OCCN4CCCC4=O)CC3)cc2)cc1. The Morgan fingerprint density at radius 3 is 2.02 bits per heavy atom. The molecule has 2 aliphatic rings. The van der Waals surface area contributed by atoms with Crippen LogP contribution in [0.3, 0.4) is 0 Å². The maximum absolute atomic E-state index is 13.0. The van der Waals surface area contributed by atoms with Crippen molar-refractivity contribution in [3.8, 4) is 11.1 Å². The molecule has 2 heterocycles. The van der Waals surface area contributed by atoms with Gasteiger partial charge in [0.2, 0.25) is 5.91 Å². The Bertz CT molecular complexity index is 1650. The molecule has 0 saturated carbocycles. The van der Waals surface area contributed by atoms with Gasteiger partial charge in [0.1, 0.15) is 12.4 Å². The van der Waals surface area contributed by atoms with Crippen molar-refractivity contribution in [2.24, 2.45) is 11.7 Å². The average molecular weight is 649 g/mol. The van der Waals surface area contributed by atoms with Crippen LogP contribution in [-0.2, 0) is 24.4 Å². The second-order valence-corrected chi connectivity index (χ2v) is 12.8. The number of hydrogen-bond acceptors (Lipinski definition) is 7. The molecule has 2 saturated heterocycles. The highest BCUT2D eigenvalue weighted by molar-refractivity contribution is 7.85. The van der Waals surface area contributed by atoms with Crippen LogP contribution in [0.1, 0.15) is 53.6 Å². The first kappa shape index (κ1) is 34.3. The normalized spacial score (nSPS) is 15.2. The van der Waals surface area contributed by atoms with Crippen molar-refractivity contribution in [2.45, 2.75) is 43.9 Å². The fraction of sp³-hybridized carbons (Fsp3) is 0.353. The molecule has 4 N–H and O–H groups in total. The summed E-state index contributed by atoms with van der Waals surface area (Å²) in [5.41, 5.74) is 9.36. The minimum Gasteiger partial charge on any atom is -0.464 e. The number of carbonyl (C=O) groups excluding carboxylic acids is 3. The summed E-state index contributed by atoms with van der Waals surface area (Å²) in [5.74, 6) is 0.151. The van der Waals surface area contributed by atoms with Gasteiger partial charge in [-0.1, -0.05) is 54.6 Å². The molecule has 0 atom stereocenters. The summed E-state index contributed by atoms with van der Waals surface area (Å²) in [6, 6.07) is 21.2. The van der Waals surface area contributed by atoms with Crippen LogP contribution in [0.25, 0.3) is 11.1 Å². The van der Waals surface area contributed by atoms with E-state index in [1.807, 2.05) is 53.4 Å². The number of piperidine rings is 1. The zero-order valence-corrected chi connectivity index (χ0v) is 26.7. The molecule has 0 aromatic heterocycles. The van der Waals surface area contributed by atoms with Crippen LogP contribution in [-0.4, -0.2) is 79.2 Å². The van der Waals surface area contributed by atoms with Crippen molar-refractivity contribution in [3.05, 3.63) is 89.5 Å². The highest BCUT2D eigenvalue weighted by Gasteiger charge is 2.26. The Morgan fingerprint density at radius 2 is 1.52 bits per heavy atom. The monoisotopic (exact) mass is 648 g/mol. The van der Waals surface area contributed by atoms with Gasteiger partial charge < -0.3 is 20.3 Å². The Kier molecular flexibility index (Phi) is 11.7. The van der Waals surface area contributed by atoms with E-state index < -0.39 is 10.1 Å². The van der Waals surface area contributed by atoms with Crippen molar-refractivity contribution >= 4 is 33.7 Å². The number of esters is 1. The maximum atomic E-state index is 13.0. The molecule has 0 bridgehead atoms. The lowest BCUT2D eigenvalue weighted by Gasteiger charge is -2.31. The number of benzene rings is 3. The molecule has 11 nitrogen and oxygen atoms in total.